The number of nitrogens with zero attached hydrogens (tertiary/aromatic N) is 3. The molecule has 1 unspecified atom stereocenters. The van der Waals surface area contributed by atoms with Gasteiger partial charge in [0.15, 0.2) is 0 Å². The summed E-state index contributed by atoms with van der Waals surface area (Å²) in [5.41, 5.74) is 7.93. The predicted octanol–water partition coefficient (Wildman–Crippen LogP) is 4.34. The van der Waals surface area contributed by atoms with Crippen molar-refractivity contribution < 1.29 is 19.1 Å². The van der Waals surface area contributed by atoms with Gasteiger partial charge < -0.3 is 14.8 Å². The van der Waals surface area contributed by atoms with Crippen LogP contribution in [0.15, 0.2) is 5.11 Å². The molecule has 0 aromatic rings. The second-order valence-corrected chi connectivity index (χ2v) is 7.79. The van der Waals surface area contributed by atoms with Crippen molar-refractivity contribution in [2.45, 2.75) is 77.9 Å². The van der Waals surface area contributed by atoms with Gasteiger partial charge in [0.25, 0.3) is 0 Å². The topological polar surface area (TPSA) is 113 Å². The van der Waals surface area contributed by atoms with Gasteiger partial charge in [0.2, 0.25) is 0 Å². The number of ether oxygens (including phenoxy) is 2. The van der Waals surface area contributed by atoms with E-state index < -0.39 is 11.7 Å². The van der Waals surface area contributed by atoms with Crippen LogP contribution < -0.4 is 5.32 Å². The molecule has 0 aromatic carbocycles. The summed E-state index contributed by atoms with van der Waals surface area (Å²) < 4.78 is 10.4. The van der Waals surface area contributed by atoms with Gasteiger partial charge in [-0.15, -0.1) is 0 Å². The summed E-state index contributed by atoms with van der Waals surface area (Å²) in [6.07, 6.45) is 4.29. The van der Waals surface area contributed by atoms with Gasteiger partial charge in [-0.3, -0.25) is 4.79 Å². The Bertz CT molecular complexity index is 504. The van der Waals surface area contributed by atoms with Gasteiger partial charge in [-0.25, -0.2) is 4.79 Å². The Balaban J connectivity index is 2.57. The fourth-order valence-electron chi connectivity index (χ4n) is 3.38. The lowest BCUT2D eigenvalue weighted by Gasteiger charge is -2.34. The third kappa shape index (κ3) is 8.94. The van der Waals surface area contributed by atoms with Crippen LogP contribution in [0.25, 0.3) is 10.4 Å². The summed E-state index contributed by atoms with van der Waals surface area (Å²) >= 11 is 0. The lowest BCUT2D eigenvalue weighted by molar-refractivity contribution is -0.144. The number of azide groups is 1. The van der Waals surface area contributed by atoms with Crippen LogP contribution in [0, 0.1) is 11.8 Å². The molecule has 26 heavy (non-hydrogen) atoms. The van der Waals surface area contributed by atoms with Crippen molar-refractivity contribution in [2.75, 3.05) is 13.2 Å². The average Bonchev–Trinajstić information content (AvgIpc) is 2.53. The van der Waals surface area contributed by atoms with Crippen molar-refractivity contribution in [3.05, 3.63) is 10.4 Å². The largest absolute Gasteiger partial charge is 0.466 e. The van der Waals surface area contributed by atoms with Crippen LogP contribution in [-0.2, 0) is 14.3 Å². The molecule has 0 heterocycles. The van der Waals surface area contributed by atoms with Gasteiger partial charge >= 0.3 is 12.1 Å². The van der Waals surface area contributed by atoms with Gasteiger partial charge in [0.1, 0.15) is 5.60 Å². The molecule has 1 fully saturated rings. The molecule has 0 spiro atoms. The zero-order chi connectivity index (χ0) is 19.6. The number of carbonyl (C=O) groups is 2. The monoisotopic (exact) mass is 368 g/mol. The van der Waals surface area contributed by atoms with Crippen LogP contribution in [0.5, 0.6) is 0 Å². The molecular weight excluding hydrogens is 336 g/mol. The van der Waals surface area contributed by atoms with Gasteiger partial charge in [-0.1, -0.05) is 5.11 Å². The molecule has 0 radical (unpaired) electrons. The quantitative estimate of drug-likeness (QED) is 0.297. The first-order valence-electron chi connectivity index (χ1n) is 9.41. The van der Waals surface area contributed by atoms with Crippen LogP contribution in [0.4, 0.5) is 4.79 Å². The van der Waals surface area contributed by atoms with Crippen molar-refractivity contribution in [3.63, 3.8) is 0 Å². The second-order valence-electron chi connectivity index (χ2n) is 7.79. The Morgan fingerprint density at radius 2 is 1.92 bits per heavy atom. The maximum absolute atomic E-state index is 12.1. The fourth-order valence-corrected chi connectivity index (χ4v) is 3.38. The first kappa shape index (κ1) is 22.1. The minimum Gasteiger partial charge on any atom is -0.466 e. The van der Waals surface area contributed by atoms with Crippen molar-refractivity contribution in [1.82, 2.24) is 5.32 Å². The van der Waals surface area contributed by atoms with Gasteiger partial charge in [0, 0.05) is 23.9 Å². The Morgan fingerprint density at radius 3 is 2.46 bits per heavy atom. The number of alkyl carbamates (subject to hydrolysis) is 1. The van der Waals surface area contributed by atoms with E-state index in [1.165, 1.54) is 0 Å². The lowest BCUT2D eigenvalue weighted by Crippen LogP contribution is -2.44. The zero-order valence-corrected chi connectivity index (χ0v) is 16.4. The zero-order valence-electron chi connectivity index (χ0n) is 16.4. The lowest BCUT2D eigenvalue weighted by atomic mass is 9.76. The molecule has 8 nitrogen and oxygen atoms in total. The minimum absolute atomic E-state index is 0.0982. The van der Waals surface area contributed by atoms with Crippen molar-refractivity contribution in [1.29, 1.82) is 0 Å². The Labute approximate surface area is 155 Å². The summed E-state index contributed by atoms with van der Waals surface area (Å²) in [5.74, 6) is 0.488. The average molecular weight is 368 g/mol. The van der Waals surface area contributed by atoms with Crippen LogP contribution in [0.3, 0.4) is 0 Å². The number of hydrogen-bond acceptors (Lipinski definition) is 5. The summed E-state index contributed by atoms with van der Waals surface area (Å²) in [7, 11) is 0. The highest BCUT2D eigenvalue weighted by molar-refractivity contribution is 5.69. The number of nitrogens with one attached hydrogen (secondary N) is 1. The van der Waals surface area contributed by atoms with E-state index in [4.69, 9.17) is 15.0 Å². The highest BCUT2D eigenvalue weighted by atomic mass is 16.6. The molecule has 148 valence electrons. The summed E-state index contributed by atoms with van der Waals surface area (Å²) in [5, 5.41) is 6.53. The SMILES string of the molecule is CCOC(=O)CC1CCC(C(CCN=[N+]=[N-])NC(=O)OC(C)(C)C)CC1. The third-order valence-electron chi connectivity index (χ3n) is 4.53. The number of amides is 1. The predicted molar refractivity (Wildman–Crippen MR) is 98.5 cm³/mol. The maximum Gasteiger partial charge on any atom is 0.407 e. The summed E-state index contributed by atoms with van der Waals surface area (Å²) in [6.45, 7) is 8.02. The second kappa shape index (κ2) is 10.9. The number of hydrogen-bond donors (Lipinski definition) is 1. The Kier molecular flexibility index (Phi) is 9.27. The van der Waals surface area contributed by atoms with Crippen molar-refractivity contribution in [2.24, 2.45) is 17.0 Å². The first-order valence-corrected chi connectivity index (χ1v) is 9.41. The minimum atomic E-state index is -0.559. The van der Waals surface area contributed by atoms with Crippen LogP contribution in [0.1, 0.15) is 66.2 Å². The normalized spacial score (nSPS) is 21.2. The molecule has 1 aliphatic carbocycles. The van der Waals surface area contributed by atoms with Crippen molar-refractivity contribution >= 4 is 12.1 Å². The van der Waals surface area contributed by atoms with E-state index in [0.29, 0.717) is 31.9 Å². The van der Waals surface area contributed by atoms with Crippen molar-refractivity contribution in [3.8, 4) is 0 Å². The van der Waals surface area contributed by atoms with Gasteiger partial charge in [-0.05, 0) is 77.2 Å². The molecule has 8 heteroatoms. The van der Waals surface area contributed by atoms with E-state index >= 15 is 0 Å². The molecule has 1 atom stereocenters. The molecule has 1 aliphatic rings. The standard InChI is InChI=1S/C18H32N4O4/c1-5-25-16(23)12-13-6-8-14(9-7-13)15(10-11-20-22-19)21-17(24)26-18(2,3)4/h13-15H,5-12H2,1-4H3,(H,21,24). The molecule has 1 rings (SSSR count). The summed E-state index contributed by atoms with van der Waals surface area (Å²) in [6, 6.07) is -0.0982. The van der Waals surface area contributed by atoms with E-state index in [1.807, 2.05) is 27.7 Å². The third-order valence-corrected chi connectivity index (χ3v) is 4.53. The Hall–Kier alpha value is -1.95. The van der Waals surface area contributed by atoms with E-state index in [1.54, 1.807) is 0 Å². The van der Waals surface area contributed by atoms with E-state index in [0.717, 1.165) is 25.7 Å². The maximum atomic E-state index is 12.1. The number of esters is 1. The highest BCUT2D eigenvalue weighted by Crippen LogP contribution is 2.34. The number of rotatable bonds is 8. The van der Waals surface area contributed by atoms with Gasteiger partial charge in [-0.2, -0.15) is 0 Å². The van der Waals surface area contributed by atoms with Crippen LogP contribution in [-0.4, -0.2) is 36.9 Å². The summed E-state index contributed by atoms with van der Waals surface area (Å²) in [4.78, 5) is 26.5. The molecule has 0 aliphatic heterocycles. The molecule has 0 saturated heterocycles. The van der Waals surface area contributed by atoms with E-state index in [9.17, 15) is 9.59 Å². The van der Waals surface area contributed by atoms with Gasteiger partial charge in [0.05, 0.1) is 6.61 Å². The molecule has 0 bridgehead atoms. The molecule has 1 N–H and O–H groups in total. The van der Waals surface area contributed by atoms with E-state index in [-0.39, 0.29) is 17.9 Å². The molecule has 1 amide bonds. The Morgan fingerprint density at radius 1 is 1.27 bits per heavy atom. The number of carbonyl (C=O) groups excluding carboxylic acids is 2. The van der Waals surface area contributed by atoms with E-state index in [2.05, 4.69) is 15.3 Å². The smallest absolute Gasteiger partial charge is 0.407 e. The molecular formula is C18H32N4O4. The molecule has 0 aromatic heterocycles. The molecule has 1 saturated carbocycles. The first-order chi connectivity index (χ1) is 12.2. The fraction of sp³-hybridized carbons (Fsp3) is 0.889. The van der Waals surface area contributed by atoms with Crippen LogP contribution >= 0.6 is 0 Å². The van der Waals surface area contributed by atoms with Crippen LogP contribution in [0.2, 0.25) is 0 Å². The highest BCUT2D eigenvalue weighted by Gasteiger charge is 2.30.